The minimum Gasteiger partial charge on any atom is -0.457 e. The predicted molar refractivity (Wildman–Crippen MR) is 192 cm³/mol. The lowest BCUT2D eigenvalue weighted by Gasteiger charge is -2.40. The van der Waals surface area contributed by atoms with Gasteiger partial charge in [0.1, 0.15) is 23.4 Å². The Bertz CT molecular complexity index is 1560. The van der Waals surface area contributed by atoms with Crippen LogP contribution in [0.1, 0.15) is 58.8 Å². The van der Waals surface area contributed by atoms with Gasteiger partial charge in [-0.15, -0.1) is 0 Å². The van der Waals surface area contributed by atoms with Crippen molar-refractivity contribution in [2.75, 3.05) is 56.7 Å². The third-order valence-corrected chi connectivity index (χ3v) is 8.74. The number of hydrogen-bond acceptors (Lipinski definition) is 12. The van der Waals surface area contributed by atoms with Crippen molar-refractivity contribution >= 4 is 41.1 Å². The van der Waals surface area contributed by atoms with Gasteiger partial charge in [0.25, 0.3) is 0 Å². The molecule has 2 aromatic rings. The van der Waals surface area contributed by atoms with Gasteiger partial charge in [0.05, 0.1) is 47.9 Å². The second kappa shape index (κ2) is 14.9. The number of methoxy groups -OCH3 is 1. The lowest BCUT2D eigenvalue weighted by molar-refractivity contribution is 0.0220. The van der Waals surface area contributed by atoms with Crippen molar-refractivity contribution in [1.82, 2.24) is 15.2 Å². The number of nitrogens with one attached hydrogen (secondary N) is 2. The van der Waals surface area contributed by atoms with Gasteiger partial charge in [-0.3, -0.25) is 9.98 Å². The van der Waals surface area contributed by atoms with Gasteiger partial charge < -0.3 is 34.6 Å². The lowest BCUT2D eigenvalue weighted by Crippen LogP contribution is -2.57. The summed E-state index contributed by atoms with van der Waals surface area (Å²) in [5.74, 6) is 1.30. The minimum atomic E-state index is -0.518. The Balaban J connectivity index is 1.28. The van der Waals surface area contributed by atoms with Crippen LogP contribution in [0, 0.1) is 11.8 Å². The summed E-state index contributed by atoms with van der Waals surface area (Å²) in [4.78, 5) is 48.8. The van der Waals surface area contributed by atoms with Crippen LogP contribution in [0.25, 0.3) is 0 Å². The smallest absolute Gasteiger partial charge is 0.410 e. The molecule has 0 spiro atoms. The molecular formula is C36H50N8O5. The van der Waals surface area contributed by atoms with Crippen LogP contribution in [0.3, 0.4) is 0 Å². The first-order valence-electron chi connectivity index (χ1n) is 16.9. The SMILES string of the molecule is COCC(C)(C)NC1=NC([C@@H](C)OC(=O)c2ccccc2)C(C)C2CN=C(Nc3ccc(N4CCN(C(=O)OC(C)(C)C)CC4)cn3)N=C12. The summed E-state index contributed by atoms with van der Waals surface area (Å²) in [6.07, 6.45) is 1.06. The maximum Gasteiger partial charge on any atom is 0.410 e. The van der Waals surface area contributed by atoms with E-state index in [2.05, 4.69) is 27.4 Å². The van der Waals surface area contributed by atoms with Crippen molar-refractivity contribution in [2.45, 2.75) is 71.8 Å². The zero-order valence-electron chi connectivity index (χ0n) is 29.9. The standard InChI is InChI=1S/C36H50N8O5/c1-23-27-21-38-33(39-28-15-14-26(20-37-28)43-16-18-44(19-17-43)34(46)49-35(3,4)5)41-30(27)31(42-36(6,7)22-47-8)40-29(23)24(2)48-32(45)25-12-10-9-11-13-25/h9-15,20,23-24,27,29H,16-19,21-22H2,1-8H3,(H,40,42)(H,37,38,39)/t23?,24-,27?,29?/m1/s1. The number of aliphatic imine (C=N–C) groups is 3. The third-order valence-electron chi connectivity index (χ3n) is 8.74. The zero-order chi connectivity index (χ0) is 35.3. The molecule has 3 unspecified atom stereocenters. The first kappa shape index (κ1) is 35.8. The van der Waals surface area contributed by atoms with Gasteiger partial charge in [-0.05, 0) is 71.7 Å². The van der Waals surface area contributed by atoms with Crippen LogP contribution in [0.15, 0.2) is 63.6 Å². The summed E-state index contributed by atoms with van der Waals surface area (Å²) < 4.78 is 16.9. The van der Waals surface area contributed by atoms with Gasteiger partial charge in [-0.2, -0.15) is 0 Å². The summed E-state index contributed by atoms with van der Waals surface area (Å²) in [5, 5.41) is 6.83. The summed E-state index contributed by atoms with van der Waals surface area (Å²) in [7, 11) is 1.67. The molecule has 1 amide bonds. The van der Waals surface area contributed by atoms with Crippen molar-refractivity contribution in [3.8, 4) is 0 Å². The molecule has 5 rings (SSSR count). The first-order valence-corrected chi connectivity index (χ1v) is 16.9. The quantitative estimate of drug-likeness (QED) is 0.383. The molecule has 49 heavy (non-hydrogen) atoms. The number of piperazine rings is 1. The Kier molecular flexibility index (Phi) is 10.9. The molecule has 4 atom stereocenters. The highest BCUT2D eigenvalue weighted by Gasteiger charge is 2.42. The molecule has 0 aliphatic carbocycles. The Morgan fingerprint density at radius 2 is 1.73 bits per heavy atom. The highest BCUT2D eigenvalue weighted by atomic mass is 16.6. The predicted octanol–water partition coefficient (Wildman–Crippen LogP) is 4.65. The fourth-order valence-electron chi connectivity index (χ4n) is 6.25. The summed E-state index contributed by atoms with van der Waals surface area (Å²) in [5.41, 5.74) is 1.32. The highest BCUT2D eigenvalue weighted by molar-refractivity contribution is 6.45. The molecule has 4 heterocycles. The minimum absolute atomic E-state index is 0.00639. The topological polar surface area (TPSA) is 142 Å². The maximum absolute atomic E-state index is 12.9. The van der Waals surface area contributed by atoms with E-state index >= 15 is 0 Å². The molecule has 2 N–H and O–H groups in total. The molecule has 0 bridgehead atoms. The van der Waals surface area contributed by atoms with E-state index in [0.29, 0.717) is 62.5 Å². The summed E-state index contributed by atoms with van der Waals surface area (Å²) in [6, 6.07) is 12.6. The molecule has 1 saturated heterocycles. The number of pyridine rings is 1. The van der Waals surface area contributed by atoms with Gasteiger partial charge in [-0.25, -0.2) is 19.6 Å². The molecule has 3 aliphatic rings. The Labute approximate surface area is 289 Å². The van der Waals surface area contributed by atoms with Crippen LogP contribution in [0.5, 0.6) is 0 Å². The fraction of sp³-hybridized carbons (Fsp3) is 0.556. The van der Waals surface area contributed by atoms with Gasteiger partial charge >= 0.3 is 12.1 Å². The van der Waals surface area contributed by atoms with E-state index < -0.39 is 17.2 Å². The number of aromatic nitrogens is 1. The van der Waals surface area contributed by atoms with E-state index in [1.807, 2.05) is 78.1 Å². The molecule has 13 nitrogen and oxygen atoms in total. The van der Waals surface area contributed by atoms with Gasteiger partial charge in [0, 0.05) is 39.2 Å². The molecule has 1 fully saturated rings. The number of fused-ring (bicyclic) bond motifs is 1. The number of amidine groups is 1. The van der Waals surface area contributed by atoms with E-state index in [9.17, 15) is 9.59 Å². The number of rotatable bonds is 8. The molecule has 1 aromatic heterocycles. The van der Waals surface area contributed by atoms with Crippen molar-refractivity contribution < 1.29 is 23.8 Å². The number of amides is 1. The second-order valence-corrected chi connectivity index (χ2v) is 14.5. The van der Waals surface area contributed by atoms with Crippen LogP contribution < -0.4 is 15.5 Å². The fourth-order valence-corrected chi connectivity index (χ4v) is 6.25. The average Bonchev–Trinajstić information content (AvgIpc) is 3.06. The van der Waals surface area contributed by atoms with Crippen LogP contribution >= 0.6 is 0 Å². The zero-order valence-corrected chi connectivity index (χ0v) is 29.9. The average molecular weight is 675 g/mol. The summed E-state index contributed by atoms with van der Waals surface area (Å²) in [6.45, 7) is 17.2. The number of anilines is 2. The van der Waals surface area contributed by atoms with Crippen molar-refractivity contribution in [2.24, 2.45) is 26.8 Å². The normalized spacial score (nSPS) is 21.8. The molecule has 0 radical (unpaired) electrons. The number of carbonyl (C=O) groups excluding carboxylic acids is 2. The van der Waals surface area contributed by atoms with E-state index in [0.717, 1.165) is 11.4 Å². The van der Waals surface area contributed by atoms with Gasteiger partial charge in [0.2, 0.25) is 5.96 Å². The number of carbonyl (C=O) groups is 2. The number of hydrogen-bond donors (Lipinski definition) is 2. The van der Waals surface area contributed by atoms with Crippen LogP contribution in [0.4, 0.5) is 16.3 Å². The Hall–Kier alpha value is -4.52. The number of ether oxygens (including phenoxy) is 3. The summed E-state index contributed by atoms with van der Waals surface area (Å²) >= 11 is 0. The van der Waals surface area contributed by atoms with Crippen molar-refractivity contribution in [3.63, 3.8) is 0 Å². The number of benzene rings is 1. The van der Waals surface area contributed by atoms with Crippen LogP contribution in [-0.4, -0.2) is 109 Å². The molecule has 3 aliphatic heterocycles. The molecule has 264 valence electrons. The largest absolute Gasteiger partial charge is 0.457 e. The van der Waals surface area contributed by atoms with E-state index in [4.69, 9.17) is 29.2 Å². The van der Waals surface area contributed by atoms with Gasteiger partial charge in [0.15, 0.2) is 0 Å². The monoisotopic (exact) mass is 674 g/mol. The Morgan fingerprint density at radius 1 is 1.02 bits per heavy atom. The van der Waals surface area contributed by atoms with E-state index in [1.54, 1.807) is 24.1 Å². The third kappa shape index (κ3) is 9.14. The van der Waals surface area contributed by atoms with Crippen molar-refractivity contribution in [3.05, 3.63) is 54.2 Å². The number of guanidine groups is 1. The van der Waals surface area contributed by atoms with Gasteiger partial charge in [-0.1, -0.05) is 25.1 Å². The van der Waals surface area contributed by atoms with E-state index in [-0.39, 0.29) is 29.9 Å². The lowest BCUT2D eigenvalue weighted by atomic mass is 9.78. The van der Waals surface area contributed by atoms with E-state index in [1.165, 1.54) is 0 Å². The molecule has 13 heteroatoms. The van der Waals surface area contributed by atoms with Crippen LogP contribution in [0.2, 0.25) is 0 Å². The molecule has 1 aromatic carbocycles. The highest BCUT2D eigenvalue weighted by Crippen LogP contribution is 2.31. The van der Waals surface area contributed by atoms with Crippen LogP contribution in [-0.2, 0) is 14.2 Å². The second-order valence-electron chi connectivity index (χ2n) is 14.5. The number of esters is 1. The Morgan fingerprint density at radius 3 is 2.37 bits per heavy atom. The van der Waals surface area contributed by atoms with Crippen molar-refractivity contribution in [1.29, 1.82) is 0 Å². The first-order chi connectivity index (χ1) is 23.2. The molecular weight excluding hydrogens is 624 g/mol. The molecule has 0 saturated carbocycles. The maximum atomic E-state index is 12.9. The number of nitrogens with zero attached hydrogens (tertiary/aromatic N) is 6.